The number of hydrogen-bond donors (Lipinski definition) is 2. The molecular formula is C12H23N3. The van der Waals surface area contributed by atoms with E-state index in [2.05, 4.69) is 23.8 Å². The summed E-state index contributed by atoms with van der Waals surface area (Å²) >= 11 is 0. The molecule has 2 saturated heterocycles. The van der Waals surface area contributed by atoms with Crippen LogP contribution in [-0.2, 0) is 0 Å². The van der Waals surface area contributed by atoms with Gasteiger partial charge in [0.15, 0.2) is 0 Å². The maximum Gasteiger partial charge on any atom is 0.0336 e. The van der Waals surface area contributed by atoms with E-state index in [0.717, 1.165) is 25.2 Å². The highest BCUT2D eigenvalue weighted by Gasteiger charge is 2.45. The normalized spacial score (nSPS) is 40.7. The third-order valence-electron chi connectivity index (χ3n) is 4.25. The predicted octanol–water partition coefficient (Wildman–Crippen LogP) is 0.716. The van der Waals surface area contributed by atoms with Crippen molar-refractivity contribution in [2.75, 3.05) is 20.1 Å². The zero-order valence-electron chi connectivity index (χ0n) is 9.71. The lowest BCUT2D eigenvalue weighted by Gasteiger charge is -2.45. The Labute approximate surface area is 92.7 Å². The van der Waals surface area contributed by atoms with Crippen molar-refractivity contribution in [3.63, 3.8) is 0 Å². The van der Waals surface area contributed by atoms with Crippen LogP contribution < -0.4 is 11.1 Å². The van der Waals surface area contributed by atoms with Gasteiger partial charge in [0.05, 0.1) is 0 Å². The van der Waals surface area contributed by atoms with Gasteiger partial charge in [0.2, 0.25) is 0 Å². The van der Waals surface area contributed by atoms with Crippen LogP contribution in [0, 0.1) is 0 Å². The molecule has 2 heterocycles. The number of rotatable bonds is 4. The Bertz CT molecular complexity index is 225. The molecule has 2 bridgehead atoms. The predicted molar refractivity (Wildman–Crippen MR) is 63.8 cm³/mol. The molecule has 15 heavy (non-hydrogen) atoms. The average Bonchev–Trinajstić information content (AvgIpc) is 2.51. The van der Waals surface area contributed by atoms with Gasteiger partial charge in [0, 0.05) is 30.7 Å². The molecule has 0 aromatic heterocycles. The maximum atomic E-state index is 5.96. The molecule has 0 amide bonds. The molecule has 0 aromatic carbocycles. The molecule has 0 spiro atoms. The smallest absolute Gasteiger partial charge is 0.0336 e. The van der Waals surface area contributed by atoms with Crippen molar-refractivity contribution in [1.29, 1.82) is 0 Å². The first kappa shape index (κ1) is 11.1. The van der Waals surface area contributed by atoms with E-state index in [9.17, 15) is 0 Å². The second kappa shape index (κ2) is 4.24. The van der Waals surface area contributed by atoms with Crippen molar-refractivity contribution in [1.82, 2.24) is 10.2 Å². The van der Waals surface area contributed by atoms with Crippen LogP contribution in [0.4, 0.5) is 0 Å². The molecule has 0 radical (unpaired) electrons. The fraction of sp³-hybridized carbons (Fsp3) is 0.833. The van der Waals surface area contributed by atoms with Gasteiger partial charge in [-0.3, -0.25) is 0 Å². The van der Waals surface area contributed by atoms with Crippen LogP contribution in [0.25, 0.3) is 0 Å². The van der Waals surface area contributed by atoms with Crippen molar-refractivity contribution in [2.45, 2.75) is 43.3 Å². The molecule has 86 valence electrons. The molecule has 2 fully saturated rings. The van der Waals surface area contributed by atoms with Crippen LogP contribution in [0.3, 0.4) is 0 Å². The van der Waals surface area contributed by atoms with Gasteiger partial charge in [-0.15, -0.1) is 6.58 Å². The highest BCUT2D eigenvalue weighted by atomic mass is 15.2. The number of nitrogens with one attached hydrogen (secondary N) is 1. The van der Waals surface area contributed by atoms with Gasteiger partial charge in [-0.2, -0.15) is 0 Å². The van der Waals surface area contributed by atoms with Gasteiger partial charge in [0.1, 0.15) is 0 Å². The molecule has 2 unspecified atom stereocenters. The zero-order chi connectivity index (χ0) is 10.9. The highest BCUT2D eigenvalue weighted by molar-refractivity contribution is 5.06. The summed E-state index contributed by atoms with van der Waals surface area (Å²) in [4.78, 5) is 2.55. The van der Waals surface area contributed by atoms with E-state index in [1.54, 1.807) is 0 Å². The lowest BCUT2D eigenvalue weighted by Crippen LogP contribution is -2.60. The summed E-state index contributed by atoms with van der Waals surface area (Å²) in [5.74, 6) is 0. The van der Waals surface area contributed by atoms with Gasteiger partial charge in [-0.05, 0) is 32.7 Å². The van der Waals surface area contributed by atoms with Crippen molar-refractivity contribution >= 4 is 0 Å². The van der Waals surface area contributed by atoms with Crippen LogP contribution in [0.1, 0.15) is 25.7 Å². The molecule has 3 heteroatoms. The second-order valence-corrected chi connectivity index (χ2v) is 5.11. The molecule has 2 aliphatic heterocycles. The Morgan fingerprint density at radius 2 is 2.07 bits per heavy atom. The summed E-state index contributed by atoms with van der Waals surface area (Å²) in [5, 5.41) is 3.59. The number of nitrogens with zero attached hydrogens (tertiary/aromatic N) is 1. The van der Waals surface area contributed by atoms with Crippen molar-refractivity contribution in [2.24, 2.45) is 5.73 Å². The topological polar surface area (TPSA) is 41.3 Å². The first-order valence-electron chi connectivity index (χ1n) is 5.99. The molecule has 0 aromatic rings. The lowest BCUT2D eigenvalue weighted by molar-refractivity contribution is 0.0969. The van der Waals surface area contributed by atoms with E-state index >= 15 is 0 Å². The average molecular weight is 209 g/mol. The SMILES string of the molecule is C=CCNC1(CN)CC2CCC(C1)N2C. The van der Waals surface area contributed by atoms with E-state index in [-0.39, 0.29) is 5.54 Å². The van der Waals surface area contributed by atoms with Crippen LogP contribution >= 0.6 is 0 Å². The molecule has 2 rings (SSSR count). The molecule has 3 N–H and O–H groups in total. The monoisotopic (exact) mass is 209 g/mol. The van der Waals surface area contributed by atoms with Crippen LogP contribution in [0.15, 0.2) is 12.7 Å². The number of nitrogens with two attached hydrogens (primary N) is 1. The molecule has 3 nitrogen and oxygen atoms in total. The summed E-state index contributed by atoms with van der Waals surface area (Å²) in [6, 6.07) is 1.48. The Morgan fingerprint density at radius 1 is 1.47 bits per heavy atom. The van der Waals surface area contributed by atoms with Gasteiger partial charge in [-0.1, -0.05) is 6.08 Å². The summed E-state index contributed by atoms with van der Waals surface area (Å²) < 4.78 is 0. The minimum absolute atomic E-state index is 0.173. The van der Waals surface area contributed by atoms with Crippen molar-refractivity contribution < 1.29 is 0 Å². The van der Waals surface area contributed by atoms with E-state index in [1.807, 2.05) is 6.08 Å². The second-order valence-electron chi connectivity index (χ2n) is 5.11. The van der Waals surface area contributed by atoms with E-state index in [4.69, 9.17) is 5.73 Å². The molecule has 2 aliphatic rings. The van der Waals surface area contributed by atoms with E-state index < -0.39 is 0 Å². The first-order valence-corrected chi connectivity index (χ1v) is 5.99. The van der Waals surface area contributed by atoms with E-state index in [0.29, 0.717) is 0 Å². The number of piperidine rings is 1. The number of hydrogen-bond acceptors (Lipinski definition) is 3. The number of fused-ring (bicyclic) bond motifs is 2. The Kier molecular flexibility index (Phi) is 3.14. The van der Waals surface area contributed by atoms with Gasteiger partial charge >= 0.3 is 0 Å². The molecule has 2 atom stereocenters. The molecule has 0 saturated carbocycles. The van der Waals surface area contributed by atoms with Crippen LogP contribution in [-0.4, -0.2) is 42.7 Å². The maximum absolute atomic E-state index is 5.96. The molecular weight excluding hydrogens is 186 g/mol. The third kappa shape index (κ3) is 1.96. The zero-order valence-corrected chi connectivity index (χ0v) is 9.71. The van der Waals surface area contributed by atoms with Gasteiger partial charge in [0.25, 0.3) is 0 Å². The van der Waals surface area contributed by atoms with E-state index in [1.165, 1.54) is 25.7 Å². The molecule has 0 aliphatic carbocycles. The first-order chi connectivity index (χ1) is 7.21. The standard InChI is InChI=1S/C12H23N3/c1-3-6-14-12(9-13)7-10-4-5-11(8-12)15(10)2/h3,10-11,14H,1,4-9,13H2,2H3. The third-order valence-corrected chi connectivity index (χ3v) is 4.25. The van der Waals surface area contributed by atoms with Crippen molar-refractivity contribution in [3.8, 4) is 0 Å². The highest BCUT2D eigenvalue weighted by Crippen LogP contribution is 2.39. The van der Waals surface area contributed by atoms with Crippen LogP contribution in [0.2, 0.25) is 0 Å². The van der Waals surface area contributed by atoms with Gasteiger partial charge < -0.3 is 16.0 Å². The largest absolute Gasteiger partial charge is 0.329 e. The summed E-state index contributed by atoms with van der Waals surface area (Å²) in [7, 11) is 2.26. The Hall–Kier alpha value is -0.380. The minimum Gasteiger partial charge on any atom is -0.329 e. The summed E-state index contributed by atoms with van der Waals surface area (Å²) in [6.07, 6.45) is 7.02. The van der Waals surface area contributed by atoms with Crippen molar-refractivity contribution in [3.05, 3.63) is 12.7 Å². The van der Waals surface area contributed by atoms with Gasteiger partial charge in [-0.25, -0.2) is 0 Å². The minimum atomic E-state index is 0.173. The summed E-state index contributed by atoms with van der Waals surface area (Å²) in [5.41, 5.74) is 6.13. The Morgan fingerprint density at radius 3 is 2.53 bits per heavy atom. The fourth-order valence-electron chi connectivity index (χ4n) is 3.24. The quantitative estimate of drug-likeness (QED) is 0.670. The fourth-order valence-corrected chi connectivity index (χ4v) is 3.24. The lowest BCUT2D eigenvalue weighted by atomic mass is 9.83. The Balaban J connectivity index is 2.05. The summed E-state index contributed by atoms with van der Waals surface area (Å²) in [6.45, 7) is 5.39. The van der Waals surface area contributed by atoms with Crippen LogP contribution in [0.5, 0.6) is 0 Å².